The number of allylic oxidation sites excluding steroid dienone is 1. The van der Waals surface area contributed by atoms with Gasteiger partial charge in [-0.25, -0.2) is 0 Å². The summed E-state index contributed by atoms with van der Waals surface area (Å²) in [5, 5.41) is 0.147. The number of hydrogen-bond donors (Lipinski definition) is 0. The average molecular weight is 299 g/mol. The van der Waals surface area contributed by atoms with Crippen LogP contribution in [0.15, 0.2) is 12.2 Å². The summed E-state index contributed by atoms with van der Waals surface area (Å²) < 4.78 is 6.03. The number of hydrogen-bond acceptors (Lipinski definition) is 2. The molecule has 0 N–H and O–H groups in total. The smallest absolute Gasteiger partial charge is 1.00 e. The van der Waals surface area contributed by atoms with E-state index in [0.29, 0.717) is 0 Å². The molecule has 0 aliphatic rings. The van der Waals surface area contributed by atoms with Crippen molar-refractivity contribution in [3.05, 3.63) is 12.2 Å². The van der Waals surface area contributed by atoms with Gasteiger partial charge in [0.25, 0.3) is 0 Å². The van der Waals surface area contributed by atoms with Gasteiger partial charge in [0.05, 0.1) is 0 Å². The van der Waals surface area contributed by atoms with Gasteiger partial charge in [0.15, 0.2) is 14.1 Å². The fourth-order valence-electron chi connectivity index (χ4n) is 1.18. The zero-order chi connectivity index (χ0) is 13.7. The van der Waals surface area contributed by atoms with Crippen molar-refractivity contribution in [3.63, 3.8) is 0 Å². The summed E-state index contributed by atoms with van der Waals surface area (Å²) in [4.78, 5) is 11.8. The normalized spacial score (nSPS) is 13.6. The van der Waals surface area contributed by atoms with E-state index in [1.54, 1.807) is 6.08 Å². The summed E-state index contributed by atoms with van der Waals surface area (Å²) in [5.74, 6) is 0.0864. The maximum absolute atomic E-state index is 11.8. The van der Waals surface area contributed by atoms with Crippen LogP contribution in [0.1, 0.15) is 47.5 Å². The molecule has 5 heteroatoms. The number of ketones is 1. The third kappa shape index (κ3) is 9.10. The molecule has 0 aromatic carbocycles. The fourth-order valence-corrected chi connectivity index (χ4v) is 2.53. The van der Waals surface area contributed by atoms with Crippen molar-refractivity contribution < 1.29 is 40.5 Å². The Bertz CT molecular complexity index is 286. The Morgan fingerprint density at radius 2 is 1.79 bits per heavy atom. The summed E-state index contributed by atoms with van der Waals surface area (Å²) in [6.45, 7) is 14.9. The SMILES string of the molecule is CCCC=CC(=O)[C@H](C)O[Si](C)(C)C(C)(C)C.[Cl-].[Li+]. The van der Waals surface area contributed by atoms with E-state index in [4.69, 9.17) is 4.43 Å². The molecule has 0 rings (SSSR count). The monoisotopic (exact) mass is 298 g/mol. The van der Waals surface area contributed by atoms with E-state index in [1.165, 1.54) is 0 Å². The minimum absolute atomic E-state index is 0. The van der Waals surface area contributed by atoms with Crippen LogP contribution in [-0.2, 0) is 9.22 Å². The molecule has 1 atom stereocenters. The average Bonchev–Trinajstić information content (AvgIpc) is 2.15. The van der Waals surface area contributed by atoms with Gasteiger partial charge >= 0.3 is 18.9 Å². The second kappa shape index (κ2) is 10.2. The molecule has 0 aromatic rings. The van der Waals surface area contributed by atoms with Crippen molar-refractivity contribution in [2.75, 3.05) is 0 Å². The Kier molecular flexibility index (Phi) is 13.2. The van der Waals surface area contributed by atoms with Crippen LogP contribution in [0.2, 0.25) is 18.1 Å². The zero-order valence-corrected chi connectivity index (χ0v) is 15.6. The quantitative estimate of drug-likeness (QED) is 0.433. The van der Waals surface area contributed by atoms with Crippen molar-refractivity contribution in [1.29, 1.82) is 0 Å². The molecule has 0 saturated heterocycles. The third-order valence-corrected chi connectivity index (χ3v) is 7.97. The molecule has 19 heavy (non-hydrogen) atoms. The molecule has 0 unspecified atom stereocenters. The molecule has 0 saturated carbocycles. The molecule has 0 aliphatic carbocycles. The fraction of sp³-hybridized carbons (Fsp3) is 0.786. The van der Waals surface area contributed by atoms with Gasteiger partial charge in [0, 0.05) is 0 Å². The molecule has 0 aliphatic heterocycles. The Morgan fingerprint density at radius 1 is 1.32 bits per heavy atom. The van der Waals surface area contributed by atoms with Crippen molar-refractivity contribution in [3.8, 4) is 0 Å². The number of halogens is 1. The molecule has 0 radical (unpaired) electrons. The van der Waals surface area contributed by atoms with Crippen LogP contribution < -0.4 is 31.3 Å². The maximum atomic E-state index is 11.8. The van der Waals surface area contributed by atoms with Crippen LogP contribution >= 0.6 is 0 Å². The Balaban J connectivity index is -0.00000128. The summed E-state index contributed by atoms with van der Waals surface area (Å²) in [7, 11) is -1.83. The number of unbranched alkanes of at least 4 members (excludes halogenated alkanes) is 1. The van der Waals surface area contributed by atoms with E-state index in [0.717, 1.165) is 12.8 Å². The molecule has 0 aromatic heterocycles. The van der Waals surface area contributed by atoms with E-state index in [-0.39, 0.29) is 48.2 Å². The Hall–Kier alpha value is 0.474. The Labute approximate surface area is 138 Å². The molecular weight excluding hydrogens is 271 g/mol. The van der Waals surface area contributed by atoms with Crippen LogP contribution in [0.3, 0.4) is 0 Å². The van der Waals surface area contributed by atoms with Gasteiger partial charge in [-0.3, -0.25) is 4.79 Å². The van der Waals surface area contributed by atoms with Crippen molar-refractivity contribution >= 4 is 14.1 Å². The second-order valence-corrected chi connectivity index (χ2v) is 10.9. The van der Waals surface area contributed by atoms with Gasteiger partial charge in [0.1, 0.15) is 6.10 Å². The Morgan fingerprint density at radius 3 is 2.16 bits per heavy atom. The predicted molar refractivity (Wildman–Crippen MR) is 76.8 cm³/mol. The minimum Gasteiger partial charge on any atom is -1.00 e. The molecule has 0 heterocycles. The van der Waals surface area contributed by atoms with Crippen LogP contribution in [0, 0.1) is 0 Å². The minimum atomic E-state index is -1.83. The molecule has 0 fully saturated rings. The van der Waals surface area contributed by atoms with E-state index in [1.807, 2.05) is 13.0 Å². The van der Waals surface area contributed by atoms with Crippen LogP contribution in [-0.4, -0.2) is 20.2 Å². The van der Waals surface area contributed by atoms with Crippen molar-refractivity contribution in [2.45, 2.75) is 71.7 Å². The van der Waals surface area contributed by atoms with E-state index < -0.39 is 8.32 Å². The van der Waals surface area contributed by atoms with E-state index >= 15 is 0 Å². The standard InChI is InChI=1S/C14H28O2Si.ClH.Li/c1-8-9-10-11-13(15)12(2)16-17(6,7)14(3,4)5;;/h10-12H,8-9H2,1-7H3;1H;/q;;+1/p-1/t12-;;/m0../s1. The summed E-state index contributed by atoms with van der Waals surface area (Å²) in [6.07, 6.45) is 5.32. The van der Waals surface area contributed by atoms with E-state index in [2.05, 4.69) is 40.8 Å². The molecule has 108 valence electrons. The van der Waals surface area contributed by atoms with Crippen molar-refractivity contribution in [2.24, 2.45) is 0 Å². The first kappa shape index (κ1) is 24.5. The van der Waals surface area contributed by atoms with Crippen LogP contribution in [0.4, 0.5) is 0 Å². The maximum Gasteiger partial charge on any atom is 1.00 e. The zero-order valence-electron chi connectivity index (χ0n) is 13.8. The molecule has 0 amide bonds. The summed E-state index contributed by atoms with van der Waals surface area (Å²) in [6, 6.07) is 0. The molecule has 2 nitrogen and oxygen atoms in total. The topological polar surface area (TPSA) is 26.3 Å². The number of rotatable bonds is 6. The second-order valence-electron chi connectivity index (χ2n) is 6.11. The first-order valence-electron chi connectivity index (χ1n) is 6.50. The third-order valence-electron chi connectivity index (χ3n) is 3.42. The largest absolute Gasteiger partial charge is 1.00 e. The van der Waals surface area contributed by atoms with Crippen LogP contribution in [0.5, 0.6) is 0 Å². The number of carbonyl (C=O) groups excluding carboxylic acids is 1. The van der Waals surface area contributed by atoms with Gasteiger partial charge in [-0.2, -0.15) is 0 Å². The number of carbonyl (C=O) groups is 1. The van der Waals surface area contributed by atoms with Gasteiger partial charge in [-0.15, -0.1) is 0 Å². The van der Waals surface area contributed by atoms with Crippen molar-refractivity contribution in [1.82, 2.24) is 0 Å². The van der Waals surface area contributed by atoms with Gasteiger partial charge < -0.3 is 16.8 Å². The molecule has 0 spiro atoms. The van der Waals surface area contributed by atoms with E-state index in [9.17, 15) is 4.79 Å². The summed E-state index contributed by atoms with van der Waals surface area (Å²) in [5.41, 5.74) is 0. The first-order chi connectivity index (χ1) is 7.62. The summed E-state index contributed by atoms with van der Waals surface area (Å²) >= 11 is 0. The van der Waals surface area contributed by atoms with Gasteiger partial charge in [-0.05, 0) is 37.6 Å². The predicted octanol–water partition coefficient (Wildman–Crippen LogP) is -1.67. The van der Waals surface area contributed by atoms with Crippen LogP contribution in [0.25, 0.3) is 0 Å². The molecular formula is C14H28ClLiO2Si. The molecule has 0 bridgehead atoms. The van der Waals surface area contributed by atoms with Gasteiger partial charge in [-0.1, -0.05) is 40.2 Å². The van der Waals surface area contributed by atoms with Gasteiger partial charge in [0.2, 0.25) is 0 Å². The first-order valence-corrected chi connectivity index (χ1v) is 9.41.